The molecule has 1 aliphatic rings. The summed E-state index contributed by atoms with van der Waals surface area (Å²) in [5.74, 6) is 2.18. The lowest BCUT2D eigenvalue weighted by Gasteiger charge is -2.22. The first-order valence-electron chi connectivity index (χ1n) is 6.94. The van der Waals surface area contributed by atoms with Crippen LogP contribution in [0.15, 0.2) is 16.6 Å². The Hall–Kier alpha value is -0.610. The van der Waals surface area contributed by atoms with Crippen LogP contribution in [0, 0.1) is 17.7 Å². The van der Waals surface area contributed by atoms with E-state index in [0.29, 0.717) is 28.2 Å². The molecule has 1 aromatic heterocycles. The maximum Gasteiger partial charge on any atom is 0.139 e. The highest BCUT2D eigenvalue weighted by Crippen LogP contribution is 2.42. The third-order valence-corrected chi connectivity index (χ3v) is 5.52. The number of hydrogen-bond acceptors (Lipinski definition) is 1. The number of fused-ring (bicyclic) bond motifs is 1. The van der Waals surface area contributed by atoms with Crippen molar-refractivity contribution in [2.24, 2.45) is 11.8 Å². The molecular formula is C15H17BrClFN2. The SMILES string of the molecule is CC1CCC(n2c(CCl)nc3cc(Br)c(F)cc32)C1C. The number of alkyl halides is 1. The minimum Gasteiger partial charge on any atom is -0.323 e. The zero-order valence-electron chi connectivity index (χ0n) is 11.5. The van der Waals surface area contributed by atoms with Crippen LogP contribution in [0.5, 0.6) is 0 Å². The first-order valence-corrected chi connectivity index (χ1v) is 8.27. The molecule has 0 radical (unpaired) electrons. The van der Waals surface area contributed by atoms with Gasteiger partial charge in [-0.05, 0) is 46.7 Å². The van der Waals surface area contributed by atoms with Gasteiger partial charge in [-0.15, -0.1) is 11.6 Å². The highest BCUT2D eigenvalue weighted by molar-refractivity contribution is 9.10. The van der Waals surface area contributed by atoms with Crippen molar-refractivity contribution in [2.75, 3.05) is 0 Å². The fraction of sp³-hybridized carbons (Fsp3) is 0.533. The van der Waals surface area contributed by atoms with Crippen molar-refractivity contribution < 1.29 is 4.39 Å². The molecule has 0 bridgehead atoms. The molecule has 3 unspecified atom stereocenters. The van der Waals surface area contributed by atoms with Crippen molar-refractivity contribution in [1.82, 2.24) is 9.55 Å². The van der Waals surface area contributed by atoms with Gasteiger partial charge in [0, 0.05) is 12.1 Å². The Morgan fingerprint density at radius 1 is 1.40 bits per heavy atom. The average Bonchev–Trinajstić information content (AvgIpc) is 2.92. The summed E-state index contributed by atoms with van der Waals surface area (Å²) in [6, 6.07) is 3.67. The Balaban J connectivity index is 2.20. The number of hydrogen-bond donors (Lipinski definition) is 0. The van der Waals surface area contributed by atoms with Crippen molar-refractivity contribution in [1.29, 1.82) is 0 Å². The minimum atomic E-state index is -0.251. The van der Waals surface area contributed by atoms with Gasteiger partial charge in [0.05, 0.1) is 21.4 Å². The van der Waals surface area contributed by atoms with Crippen LogP contribution in [0.1, 0.15) is 38.6 Å². The lowest BCUT2D eigenvalue weighted by Crippen LogP contribution is -2.16. The fourth-order valence-electron chi connectivity index (χ4n) is 3.31. The first kappa shape index (κ1) is 14.3. The molecule has 5 heteroatoms. The summed E-state index contributed by atoms with van der Waals surface area (Å²) >= 11 is 9.28. The molecule has 0 aliphatic heterocycles. The van der Waals surface area contributed by atoms with Crippen molar-refractivity contribution in [3.63, 3.8) is 0 Å². The molecule has 2 aromatic rings. The molecule has 3 rings (SSSR count). The fourth-order valence-corrected chi connectivity index (χ4v) is 3.83. The lowest BCUT2D eigenvalue weighted by atomic mass is 9.97. The molecule has 1 fully saturated rings. The number of imidazole rings is 1. The van der Waals surface area contributed by atoms with Crippen LogP contribution in [-0.4, -0.2) is 9.55 Å². The van der Waals surface area contributed by atoms with E-state index in [1.54, 1.807) is 12.1 Å². The number of aromatic nitrogens is 2. The maximum absolute atomic E-state index is 13.9. The van der Waals surface area contributed by atoms with Crippen molar-refractivity contribution in [2.45, 2.75) is 38.6 Å². The third-order valence-electron chi connectivity index (χ3n) is 4.68. The predicted molar refractivity (Wildman–Crippen MR) is 83.5 cm³/mol. The summed E-state index contributed by atoms with van der Waals surface area (Å²) < 4.78 is 16.5. The molecule has 1 aromatic carbocycles. The molecular weight excluding hydrogens is 343 g/mol. The van der Waals surface area contributed by atoms with E-state index in [1.807, 2.05) is 0 Å². The van der Waals surface area contributed by atoms with Crippen LogP contribution >= 0.6 is 27.5 Å². The number of nitrogens with zero attached hydrogens (tertiary/aromatic N) is 2. The summed E-state index contributed by atoms with van der Waals surface area (Å²) in [5, 5.41) is 0. The van der Waals surface area contributed by atoms with Crippen LogP contribution in [0.2, 0.25) is 0 Å². The van der Waals surface area contributed by atoms with Gasteiger partial charge in [-0.3, -0.25) is 0 Å². The molecule has 0 amide bonds. The van der Waals surface area contributed by atoms with Crippen molar-refractivity contribution in [3.05, 3.63) is 28.2 Å². The van der Waals surface area contributed by atoms with Crippen LogP contribution in [0.3, 0.4) is 0 Å². The van der Waals surface area contributed by atoms with E-state index in [0.717, 1.165) is 23.3 Å². The van der Waals surface area contributed by atoms with Gasteiger partial charge in [-0.2, -0.15) is 0 Å². The molecule has 0 saturated heterocycles. The zero-order valence-corrected chi connectivity index (χ0v) is 13.9. The molecule has 0 spiro atoms. The Morgan fingerprint density at radius 3 is 2.75 bits per heavy atom. The Morgan fingerprint density at radius 2 is 2.15 bits per heavy atom. The van der Waals surface area contributed by atoms with Gasteiger partial charge >= 0.3 is 0 Å². The summed E-state index contributed by atoms with van der Waals surface area (Å²) in [5.41, 5.74) is 1.66. The molecule has 1 heterocycles. The second-order valence-corrected chi connectivity index (χ2v) is 6.89. The topological polar surface area (TPSA) is 17.8 Å². The van der Waals surface area contributed by atoms with E-state index < -0.39 is 0 Å². The normalized spacial score (nSPS) is 26.6. The van der Waals surface area contributed by atoms with Gasteiger partial charge in [0.2, 0.25) is 0 Å². The molecule has 2 nitrogen and oxygen atoms in total. The van der Waals surface area contributed by atoms with Crippen LogP contribution in [0.4, 0.5) is 4.39 Å². The largest absolute Gasteiger partial charge is 0.323 e. The summed E-state index contributed by atoms with van der Waals surface area (Å²) in [6.07, 6.45) is 2.31. The van der Waals surface area contributed by atoms with Crippen LogP contribution in [-0.2, 0) is 5.88 Å². The van der Waals surface area contributed by atoms with Crippen molar-refractivity contribution in [3.8, 4) is 0 Å². The standard InChI is InChI=1S/C15H17BrClFN2/c1-8-3-4-13(9(8)2)20-14-6-11(18)10(16)5-12(14)19-15(20)7-17/h5-6,8-9,13H,3-4,7H2,1-2H3. The second kappa shape index (κ2) is 5.30. The van der Waals surface area contributed by atoms with Gasteiger partial charge in [-0.1, -0.05) is 13.8 Å². The molecule has 1 aliphatic carbocycles. The minimum absolute atomic E-state index is 0.251. The van der Waals surface area contributed by atoms with Gasteiger partial charge < -0.3 is 4.57 Å². The number of rotatable bonds is 2. The smallest absolute Gasteiger partial charge is 0.139 e. The maximum atomic E-state index is 13.9. The Bertz CT molecular complexity index is 655. The van der Waals surface area contributed by atoms with Gasteiger partial charge in [0.15, 0.2) is 0 Å². The van der Waals surface area contributed by atoms with Crippen LogP contribution < -0.4 is 0 Å². The van der Waals surface area contributed by atoms with Crippen molar-refractivity contribution >= 4 is 38.6 Å². The van der Waals surface area contributed by atoms with E-state index in [4.69, 9.17) is 11.6 Å². The first-order chi connectivity index (χ1) is 9.52. The summed E-state index contributed by atoms with van der Waals surface area (Å²) in [6.45, 7) is 4.54. The monoisotopic (exact) mass is 358 g/mol. The number of halogens is 3. The quantitative estimate of drug-likeness (QED) is 0.667. The summed E-state index contributed by atoms with van der Waals surface area (Å²) in [4.78, 5) is 4.57. The Labute approximate surface area is 131 Å². The third kappa shape index (κ3) is 2.17. The summed E-state index contributed by atoms with van der Waals surface area (Å²) in [7, 11) is 0. The highest BCUT2D eigenvalue weighted by Gasteiger charge is 2.33. The highest BCUT2D eigenvalue weighted by atomic mass is 79.9. The van der Waals surface area contributed by atoms with E-state index in [2.05, 4.69) is 39.3 Å². The van der Waals surface area contributed by atoms with Gasteiger partial charge in [0.1, 0.15) is 11.6 Å². The van der Waals surface area contributed by atoms with Gasteiger partial charge in [-0.25, -0.2) is 9.37 Å². The average molecular weight is 360 g/mol. The Kier molecular flexibility index (Phi) is 3.80. The van der Waals surface area contributed by atoms with E-state index >= 15 is 0 Å². The molecule has 108 valence electrons. The molecule has 1 saturated carbocycles. The van der Waals surface area contributed by atoms with E-state index in [9.17, 15) is 4.39 Å². The lowest BCUT2D eigenvalue weighted by molar-refractivity contribution is 0.354. The zero-order chi connectivity index (χ0) is 14.4. The second-order valence-electron chi connectivity index (χ2n) is 5.77. The van der Waals surface area contributed by atoms with Gasteiger partial charge in [0.25, 0.3) is 0 Å². The van der Waals surface area contributed by atoms with Crippen LogP contribution in [0.25, 0.3) is 11.0 Å². The molecule has 3 atom stereocenters. The molecule has 0 N–H and O–H groups in total. The number of benzene rings is 1. The van der Waals surface area contributed by atoms with E-state index in [1.165, 1.54) is 6.42 Å². The predicted octanol–water partition coefficient (Wildman–Crippen LogP) is 5.28. The molecule has 20 heavy (non-hydrogen) atoms. The van der Waals surface area contributed by atoms with E-state index in [-0.39, 0.29) is 5.82 Å².